The zero-order valence-corrected chi connectivity index (χ0v) is 12.2. The van der Waals surface area contributed by atoms with Gasteiger partial charge in [0.15, 0.2) is 0 Å². The zero-order chi connectivity index (χ0) is 14.8. The molecule has 0 unspecified atom stereocenters. The average Bonchev–Trinajstić information content (AvgIpc) is 2.44. The van der Waals surface area contributed by atoms with Gasteiger partial charge in [0.2, 0.25) is 0 Å². The Labute approximate surface area is 120 Å². The summed E-state index contributed by atoms with van der Waals surface area (Å²) in [6.07, 6.45) is 3.09. The van der Waals surface area contributed by atoms with Crippen LogP contribution in [0.25, 0.3) is 0 Å². The van der Waals surface area contributed by atoms with E-state index in [4.69, 9.17) is 4.74 Å². The number of hydrogen-bond donors (Lipinski definition) is 0. The first-order valence-corrected chi connectivity index (χ1v) is 7.08. The van der Waals surface area contributed by atoms with Crippen LogP contribution in [-0.2, 0) is 0 Å². The predicted octanol–water partition coefficient (Wildman–Crippen LogP) is 5.04. The monoisotopic (exact) mass is 280 g/mol. The van der Waals surface area contributed by atoms with Gasteiger partial charge in [-0.3, -0.25) is 0 Å². The minimum atomic E-state index is -2.67. The van der Waals surface area contributed by atoms with Crippen molar-refractivity contribution in [2.45, 2.75) is 51.4 Å². The Morgan fingerprint density at radius 2 is 1.80 bits per heavy atom. The lowest BCUT2D eigenvalue weighted by Crippen LogP contribution is -2.14. The summed E-state index contributed by atoms with van der Waals surface area (Å²) in [5, 5.41) is 0. The molecule has 0 bridgehead atoms. The van der Waals surface area contributed by atoms with Crippen molar-refractivity contribution in [3.05, 3.63) is 29.8 Å². The van der Waals surface area contributed by atoms with Crippen LogP contribution in [0.3, 0.4) is 0 Å². The maximum atomic E-state index is 13.6. The molecule has 110 valence electrons. The third-order valence-electron chi connectivity index (χ3n) is 3.07. The molecule has 1 aromatic rings. The Kier molecular flexibility index (Phi) is 7.08. The molecule has 1 nitrogen and oxygen atoms in total. The van der Waals surface area contributed by atoms with Crippen molar-refractivity contribution >= 4 is 0 Å². The molecule has 20 heavy (non-hydrogen) atoms. The molecular weight excluding hydrogens is 258 g/mol. The Balaban J connectivity index is 2.42. The number of benzene rings is 1. The summed E-state index contributed by atoms with van der Waals surface area (Å²) in [6, 6.07) is 7.08. The van der Waals surface area contributed by atoms with Crippen molar-refractivity contribution in [1.82, 2.24) is 0 Å². The normalized spacial score (nSPS) is 10.8. The van der Waals surface area contributed by atoms with E-state index in [-0.39, 0.29) is 12.8 Å². The van der Waals surface area contributed by atoms with Crippen LogP contribution < -0.4 is 4.74 Å². The van der Waals surface area contributed by atoms with Crippen LogP contribution in [0, 0.1) is 11.8 Å². The van der Waals surface area contributed by atoms with Crippen LogP contribution in [0.1, 0.15) is 51.0 Å². The van der Waals surface area contributed by atoms with E-state index in [1.165, 1.54) is 0 Å². The van der Waals surface area contributed by atoms with E-state index in [1.807, 2.05) is 0 Å². The fraction of sp³-hybridized carbons (Fsp3) is 0.529. The van der Waals surface area contributed by atoms with Crippen LogP contribution in [-0.4, -0.2) is 13.0 Å². The highest BCUT2D eigenvalue weighted by Gasteiger charge is 2.26. The molecule has 1 rings (SSSR count). The van der Waals surface area contributed by atoms with Gasteiger partial charge in [0.05, 0.1) is 13.5 Å². The van der Waals surface area contributed by atoms with Gasteiger partial charge < -0.3 is 4.74 Å². The van der Waals surface area contributed by atoms with E-state index >= 15 is 0 Å². The zero-order valence-electron chi connectivity index (χ0n) is 12.2. The van der Waals surface area contributed by atoms with E-state index in [9.17, 15) is 8.78 Å². The molecule has 0 N–H and O–H groups in total. The molecule has 0 saturated carbocycles. The Hall–Kier alpha value is -1.56. The first-order valence-electron chi connectivity index (χ1n) is 7.08. The summed E-state index contributed by atoms with van der Waals surface area (Å²) in [4.78, 5) is 0. The number of methoxy groups -OCH3 is 1. The molecule has 0 aliphatic rings. The predicted molar refractivity (Wildman–Crippen MR) is 78.2 cm³/mol. The first kappa shape index (κ1) is 16.5. The smallest absolute Gasteiger partial charge is 0.258 e. The SMILES string of the molecule is CCCCCCC(F)(F)CC#Cc1ccc(OC)cc1. The number of halogens is 2. The van der Waals surface area contributed by atoms with Crippen molar-refractivity contribution in [3.63, 3.8) is 0 Å². The molecule has 0 saturated heterocycles. The van der Waals surface area contributed by atoms with Gasteiger partial charge in [-0.05, 0) is 30.7 Å². The lowest BCUT2D eigenvalue weighted by atomic mass is 10.1. The third kappa shape index (κ3) is 6.56. The second-order valence-corrected chi connectivity index (χ2v) is 4.87. The molecule has 3 heteroatoms. The second kappa shape index (κ2) is 8.58. The number of unbranched alkanes of at least 4 members (excludes halogenated alkanes) is 3. The van der Waals surface area contributed by atoms with Crippen LogP contribution in [0.4, 0.5) is 8.78 Å². The molecule has 0 radical (unpaired) electrons. The van der Waals surface area contributed by atoms with Gasteiger partial charge in [0, 0.05) is 12.0 Å². The highest BCUT2D eigenvalue weighted by atomic mass is 19.3. The van der Waals surface area contributed by atoms with Gasteiger partial charge in [0.25, 0.3) is 5.92 Å². The molecule has 0 aromatic heterocycles. The number of hydrogen-bond acceptors (Lipinski definition) is 1. The van der Waals surface area contributed by atoms with E-state index in [0.717, 1.165) is 30.6 Å². The van der Waals surface area contributed by atoms with Crippen LogP contribution in [0.15, 0.2) is 24.3 Å². The van der Waals surface area contributed by atoms with E-state index < -0.39 is 5.92 Å². The fourth-order valence-electron chi connectivity index (χ4n) is 1.85. The Bertz CT molecular complexity index is 440. The van der Waals surface area contributed by atoms with Crippen molar-refractivity contribution < 1.29 is 13.5 Å². The maximum Gasteiger partial charge on any atom is 0.258 e. The summed E-state index contributed by atoms with van der Waals surface area (Å²) in [7, 11) is 1.58. The lowest BCUT2D eigenvalue weighted by Gasteiger charge is -2.12. The molecule has 0 amide bonds. The molecule has 0 atom stereocenters. The Morgan fingerprint density at radius 1 is 1.10 bits per heavy atom. The highest BCUT2D eigenvalue weighted by molar-refractivity contribution is 5.38. The summed E-state index contributed by atoms with van der Waals surface area (Å²) < 4.78 is 32.1. The summed E-state index contributed by atoms with van der Waals surface area (Å²) in [5.74, 6) is 3.41. The van der Waals surface area contributed by atoms with Crippen LogP contribution in [0.2, 0.25) is 0 Å². The molecule has 0 aliphatic heterocycles. The molecule has 0 fully saturated rings. The quantitative estimate of drug-likeness (QED) is 0.502. The molecule has 0 spiro atoms. The topological polar surface area (TPSA) is 9.23 Å². The summed E-state index contributed by atoms with van der Waals surface area (Å²) in [6.45, 7) is 2.07. The largest absolute Gasteiger partial charge is 0.497 e. The van der Waals surface area contributed by atoms with Crippen molar-refractivity contribution in [2.75, 3.05) is 7.11 Å². The van der Waals surface area contributed by atoms with Crippen LogP contribution >= 0.6 is 0 Å². The Morgan fingerprint density at radius 3 is 2.40 bits per heavy atom. The van der Waals surface area contributed by atoms with Gasteiger partial charge in [0.1, 0.15) is 5.75 Å². The molecule has 0 heterocycles. The third-order valence-corrected chi connectivity index (χ3v) is 3.07. The molecular formula is C17H22F2O. The van der Waals surface area contributed by atoms with Crippen molar-refractivity contribution in [3.8, 4) is 17.6 Å². The molecule has 0 aliphatic carbocycles. The minimum Gasteiger partial charge on any atom is -0.497 e. The van der Waals surface area contributed by atoms with Gasteiger partial charge in [-0.1, -0.05) is 38.0 Å². The number of ether oxygens (including phenoxy) is 1. The average molecular weight is 280 g/mol. The fourth-order valence-corrected chi connectivity index (χ4v) is 1.85. The summed E-state index contributed by atoms with van der Waals surface area (Å²) in [5.41, 5.74) is 0.729. The highest BCUT2D eigenvalue weighted by Crippen LogP contribution is 2.25. The number of alkyl halides is 2. The van der Waals surface area contributed by atoms with Gasteiger partial charge in [-0.2, -0.15) is 0 Å². The maximum absolute atomic E-state index is 13.6. The van der Waals surface area contributed by atoms with Gasteiger partial charge in [-0.25, -0.2) is 8.78 Å². The number of rotatable bonds is 7. The second-order valence-electron chi connectivity index (χ2n) is 4.87. The van der Waals surface area contributed by atoms with Gasteiger partial charge >= 0.3 is 0 Å². The van der Waals surface area contributed by atoms with Crippen molar-refractivity contribution in [1.29, 1.82) is 0 Å². The van der Waals surface area contributed by atoms with E-state index in [2.05, 4.69) is 18.8 Å². The van der Waals surface area contributed by atoms with Gasteiger partial charge in [-0.15, -0.1) is 0 Å². The van der Waals surface area contributed by atoms with E-state index in [1.54, 1.807) is 31.4 Å². The molecule has 1 aromatic carbocycles. The first-order chi connectivity index (χ1) is 9.57. The summed E-state index contributed by atoms with van der Waals surface area (Å²) >= 11 is 0. The standard InChI is InChI=1S/C17H22F2O/c1-3-4-5-6-13-17(18,19)14-7-8-15-9-11-16(20-2)12-10-15/h9-12H,3-6,13-14H2,1-2H3. The van der Waals surface area contributed by atoms with E-state index in [0.29, 0.717) is 6.42 Å². The minimum absolute atomic E-state index is 0.0652. The van der Waals surface area contributed by atoms with Crippen molar-refractivity contribution in [2.24, 2.45) is 0 Å². The lowest BCUT2D eigenvalue weighted by molar-refractivity contribution is -0.00461. The van der Waals surface area contributed by atoms with Crippen LogP contribution in [0.5, 0.6) is 5.75 Å².